The second-order valence-electron chi connectivity index (χ2n) is 5.89. The van der Waals surface area contributed by atoms with Gasteiger partial charge in [0.2, 0.25) is 0 Å². The lowest BCUT2D eigenvalue weighted by molar-refractivity contribution is 0.122. The molecule has 0 N–H and O–H groups in total. The summed E-state index contributed by atoms with van der Waals surface area (Å²) in [6, 6.07) is 16.1. The Morgan fingerprint density at radius 3 is 2.58 bits per heavy atom. The minimum atomic E-state index is 0.694. The number of benzene rings is 2. The Labute approximate surface area is 146 Å². The van der Waals surface area contributed by atoms with Crippen molar-refractivity contribution in [3.05, 3.63) is 64.9 Å². The maximum atomic E-state index is 6.18. The summed E-state index contributed by atoms with van der Waals surface area (Å²) in [7, 11) is 0. The fourth-order valence-corrected chi connectivity index (χ4v) is 3.17. The van der Waals surface area contributed by atoms with Gasteiger partial charge in [-0.1, -0.05) is 41.9 Å². The van der Waals surface area contributed by atoms with Gasteiger partial charge in [0.1, 0.15) is 11.6 Å². The lowest BCUT2D eigenvalue weighted by Crippen LogP contribution is -2.37. The minimum Gasteiger partial charge on any atom is -0.378 e. The molecule has 0 unspecified atom stereocenters. The van der Waals surface area contributed by atoms with Crippen molar-refractivity contribution in [1.29, 1.82) is 0 Å². The number of rotatable bonds is 3. The predicted molar refractivity (Wildman–Crippen MR) is 96.8 cm³/mol. The zero-order valence-corrected chi connectivity index (χ0v) is 14.0. The lowest BCUT2D eigenvalue weighted by Gasteiger charge is -2.29. The standard InChI is InChI=1S/C19H18ClN3O/c20-15-6-7-16-17(13-15)21-18(12-14-4-2-1-3-5-14)22-19(16)23-8-10-24-11-9-23/h1-7,13H,8-12H2. The molecule has 0 saturated carbocycles. The largest absolute Gasteiger partial charge is 0.378 e. The van der Waals surface area contributed by atoms with Crippen molar-refractivity contribution in [3.63, 3.8) is 0 Å². The molecule has 1 saturated heterocycles. The summed E-state index contributed by atoms with van der Waals surface area (Å²) in [5, 5.41) is 1.73. The van der Waals surface area contributed by atoms with Gasteiger partial charge in [-0.05, 0) is 23.8 Å². The minimum absolute atomic E-state index is 0.694. The van der Waals surface area contributed by atoms with Gasteiger partial charge < -0.3 is 9.64 Å². The maximum Gasteiger partial charge on any atom is 0.140 e. The van der Waals surface area contributed by atoms with Gasteiger partial charge in [-0.3, -0.25) is 0 Å². The van der Waals surface area contributed by atoms with Gasteiger partial charge in [-0.2, -0.15) is 0 Å². The van der Waals surface area contributed by atoms with Crippen molar-refractivity contribution in [1.82, 2.24) is 9.97 Å². The van der Waals surface area contributed by atoms with Crippen LogP contribution in [0.3, 0.4) is 0 Å². The number of hydrogen-bond donors (Lipinski definition) is 0. The summed E-state index contributed by atoms with van der Waals surface area (Å²) < 4.78 is 5.47. The topological polar surface area (TPSA) is 38.2 Å². The third-order valence-corrected chi connectivity index (χ3v) is 4.44. The molecular formula is C19H18ClN3O. The van der Waals surface area contributed by atoms with E-state index in [4.69, 9.17) is 26.3 Å². The van der Waals surface area contributed by atoms with Crippen LogP contribution in [-0.4, -0.2) is 36.3 Å². The van der Waals surface area contributed by atoms with Gasteiger partial charge in [-0.25, -0.2) is 9.97 Å². The Bertz CT molecular complexity index is 848. The summed E-state index contributed by atoms with van der Waals surface area (Å²) >= 11 is 6.18. The van der Waals surface area contributed by atoms with E-state index in [2.05, 4.69) is 17.0 Å². The first-order valence-electron chi connectivity index (χ1n) is 8.12. The van der Waals surface area contributed by atoms with Crippen LogP contribution in [0.1, 0.15) is 11.4 Å². The summed E-state index contributed by atoms with van der Waals surface area (Å²) in [5.74, 6) is 1.79. The molecule has 1 aliphatic rings. The van der Waals surface area contributed by atoms with Crippen LogP contribution in [0.2, 0.25) is 5.02 Å². The van der Waals surface area contributed by atoms with E-state index in [9.17, 15) is 0 Å². The number of halogens is 1. The van der Waals surface area contributed by atoms with Gasteiger partial charge in [0.15, 0.2) is 0 Å². The molecule has 2 aromatic carbocycles. The molecule has 0 spiro atoms. The van der Waals surface area contributed by atoms with E-state index in [1.165, 1.54) is 5.56 Å². The predicted octanol–water partition coefficient (Wildman–Crippen LogP) is 3.71. The van der Waals surface area contributed by atoms with Crippen molar-refractivity contribution in [2.75, 3.05) is 31.2 Å². The number of aromatic nitrogens is 2. The molecule has 1 aromatic heterocycles. The molecule has 0 bridgehead atoms. The van der Waals surface area contributed by atoms with Gasteiger partial charge in [0, 0.05) is 29.9 Å². The average Bonchev–Trinajstić information content (AvgIpc) is 2.62. The van der Waals surface area contributed by atoms with Crippen LogP contribution < -0.4 is 4.90 Å². The average molecular weight is 340 g/mol. The maximum absolute atomic E-state index is 6.18. The van der Waals surface area contributed by atoms with Crippen LogP contribution in [0.4, 0.5) is 5.82 Å². The molecule has 1 aliphatic heterocycles. The van der Waals surface area contributed by atoms with Crippen LogP contribution in [0.25, 0.3) is 10.9 Å². The van der Waals surface area contributed by atoms with Crippen LogP contribution >= 0.6 is 11.6 Å². The fourth-order valence-electron chi connectivity index (χ4n) is 3.01. The van der Waals surface area contributed by atoms with Crippen LogP contribution in [0, 0.1) is 0 Å². The number of anilines is 1. The van der Waals surface area contributed by atoms with Crippen LogP contribution in [0.15, 0.2) is 48.5 Å². The van der Waals surface area contributed by atoms with Crippen LogP contribution in [-0.2, 0) is 11.2 Å². The highest BCUT2D eigenvalue weighted by atomic mass is 35.5. The highest BCUT2D eigenvalue weighted by molar-refractivity contribution is 6.31. The number of nitrogens with zero attached hydrogens (tertiary/aromatic N) is 3. The van der Waals surface area contributed by atoms with Gasteiger partial charge in [0.25, 0.3) is 0 Å². The molecule has 24 heavy (non-hydrogen) atoms. The SMILES string of the molecule is Clc1ccc2c(N3CCOCC3)nc(Cc3ccccc3)nc2c1. The first-order chi connectivity index (χ1) is 11.8. The van der Waals surface area contributed by atoms with Crippen molar-refractivity contribution < 1.29 is 4.74 Å². The smallest absolute Gasteiger partial charge is 0.140 e. The second kappa shape index (κ2) is 6.75. The Morgan fingerprint density at radius 2 is 1.79 bits per heavy atom. The molecule has 5 heteroatoms. The Kier molecular flexibility index (Phi) is 4.32. The van der Waals surface area contributed by atoms with E-state index >= 15 is 0 Å². The third-order valence-electron chi connectivity index (χ3n) is 4.20. The normalized spacial score (nSPS) is 15.0. The zero-order valence-electron chi connectivity index (χ0n) is 13.3. The molecule has 4 rings (SSSR count). The highest BCUT2D eigenvalue weighted by Crippen LogP contribution is 2.27. The molecule has 122 valence electrons. The first-order valence-corrected chi connectivity index (χ1v) is 8.50. The van der Waals surface area contributed by atoms with Crippen molar-refractivity contribution in [2.24, 2.45) is 0 Å². The second-order valence-corrected chi connectivity index (χ2v) is 6.32. The van der Waals surface area contributed by atoms with Gasteiger partial charge in [-0.15, -0.1) is 0 Å². The van der Waals surface area contributed by atoms with Gasteiger partial charge >= 0.3 is 0 Å². The summed E-state index contributed by atoms with van der Waals surface area (Å²) in [6.07, 6.45) is 0.709. The fraction of sp³-hybridized carbons (Fsp3) is 0.263. The Balaban J connectivity index is 1.79. The molecular weight excluding hydrogens is 322 g/mol. The lowest BCUT2D eigenvalue weighted by atomic mass is 10.1. The Morgan fingerprint density at radius 1 is 1.00 bits per heavy atom. The van der Waals surface area contributed by atoms with E-state index in [1.54, 1.807) is 0 Å². The van der Waals surface area contributed by atoms with E-state index in [-0.39, 0.29) is 0 Å². The molecule has 2 heterocycles. The highest BCUT2D eigenvalue weighted by Gasteiger charge is 2.17. The molecule has 0 radical (unpaired) electrons. The first kappa shape index (κ1) is 15.4. The van der Waals surface area contributed by atoms with Crippen molar-refractivity contribution >= 4 is 28.3 Å². The van der Waals surface area contributed by atoms with E-state index in [1.807, 2.05) is 36.4 Å². The summed E-state index contributed by atoms with van der Waals surface area (Å²) in [5.41, 5.74) is 2.09. The molecule has 0 aliphatic carbocycles. The van der Waals surface area contributed by atoms with E-state index in [0.717, 1.165) is 48.8 Å². The zero-order chi connectivity index (χ0) is 16.4. The number of fused-ring (bicyclic) bond motifs is 1. The quantitative estimate of drug-likeness (QED) is 0.729. The van der Waals surface area contributed by atoms with E-state index < -0.39 is 0 Å². The summed E-state index contributed by atoms with van der Waals surface area (Å²) in [6.45, 7) is 3.15. The molecule has 0 amide bonds. The number of ether oxygens (including phenoxy) is 1. The van der Waals surface area contributed by atoms with Crippen molar-refractivity contribution in [2.45, 2.75) is 6.42 Å². The summed E-state index contributed by atoms with van der Waals surface area (Å²) in [4.78, 5) is 11.9. The third kappa shape index (κ3) is 3.21. The number of hydrogen-bond acceptors (Lipinski definition) is 4. The molecule has 3 aromatic rings. The van der Waals surface area contributed by atoms with E-state index in [0.29, 0.717) is 11.4 Å². The van der Waals surface area contributed by atoms with Gasteiger partial charge in [0.05, 0.1) is 18.7 Å². The monoisotopic (exact) mass is 339 g/mol. The molecule has 1 fully saturated rings. The van der Waals surface area contributed by atoms with Crippen LogP contribution in [0.5, 0.6) is 0 Å². The van der Waals surface area contributed by atoms with Crippen molar-refractivity contribution in [3.8, 4) is 0 Å². The molecule has 4 nitrogen and oxygen atoms in total. The Hall–Kier alpha value is -2.17. The molecule has 0 atom stereocenters. The number of morpholine rings is 1.